The Morgan fingerprint density at radius 2 is 1.55 bits per heavy atom. The minimum Gasteiger partial charge on any atom is -0.319 e. The number of nitrogens with one attached hydrogen (secondary N) is 1. The van der Waals surface area contributed by atoms with E-state index in [2.05, 4.69) is 5.32 Å². The zero-order valence-electron chi connectivity index (χ0n) is 11.2. The van der Waals surface area contributed by atoms with Crippen molar-refractivity contribution in [3.8, 4) is 0 Å². The second kappa shape index (κ2) is 5.80. The maximum absolute atomic E-state index is 13.4. The third-order valence-corrected chi connectivity index (χ3v) is 3.96. The van der Waals surface area contributed by atoms with Crippen LogP contribution in [0.4, 0.5) is 18.9 Å². The summed E-state index contributed by atoms with van der Waals surface area (Å²) in [5, 5.41) is 2.08. The first kappa shape index (κ1) is 16.0. The Balaban J connectivity index is 2.25. The first-order chi connectivity index (χ1) is 10.2. The number of carbonyl (C=O) groups is 1. The molecule has 0 bridgehead atoms. The zero-order chi connectivity index (χ0) is 16.5. The number of hydrogen-bond acceptors (Lipinski definition) is 3. The highest BCUT2D eigenvalue weighted by atomic mass is 32.2. The molecular weight excluding hydrogens is 319 g/mol. The van der Waals surface area contributed by atoms with Gasteiger partial charge in [-0.15, -0.1) is 0 Å². The van der Waals surface area contributed by atoms with Crippen molar-refractivity contribution in [3.63, 3.8) is 0 Å². The van der Waals surface area contributed by atoms with Crippen LogP contribution in [-0.2, 0) is 9.84 Å². The standard InChI is InChI=1S/C14H10F3NO3S/c1-22(20,21)9-4-2-8(3-5-9)14(19)18-11-7-6-10(15)12(16)13(11)17/h2-7H,1H3,(H,18,19). The second-order valence-corrected chi connectivity index (χ2v) is 6.49. The van der Waals surface area contributed by atoms with Crippen molar-refractivity contribution >= 4 is 21.4 Å². The summed E-state index contributed by atoms with van der Waals surface area (Å²) >= 11 is 0. The number of sulfone groups is 1. The predicted octanol–water partition coefficient (Wildman–Crippen LogP) is 2.76. The van der Waals surface area contributed by atoms with Crippen LogP contribution in [0.15, 0.2) is 41.3 Å². The molecule has 0 aliphatic rings. The Morgan fingerprint density at radius 3 is 2.09 bits per heavy atom. The molecule has 0 aliphatic heterocycles. The second-order valence-electron chi connectivity index (χ2n) is 4.47. The van der Waals surface area contributed by atoms with Gasteiger partial charge in [-0.05, 0) is 36.4 Å². The van der Waals surface area contributed by atoms with Gasteiger partial charge in [0.2, 0.25) is 0 Å². The van der Waals surface area contributed by atoms with E-state index in [0.29, 0.717) is 6.07 Å². The van der Waals surface area contributed by atoms with Crippen molar-refractivity contribution < 1.29 is 26.4 Å². The normalized spacial score (nSPS) is 11.3. The predicted molar refractivity (Wildman–Crippen MR) is 73.8 cm³/mol. The van der Waals surface area contributed by atoms with E-state index in [1.54, 1.807) is 0 Å². The molecule has 2 aromatic carbocycles. The quantitative estimate of drug-likeness (QED) is 0.881. The van der Waals surface area contributed by atoms with Crippen LogP contribution in [0.5, 0.6) is 0 Å². The number of halogens is 3. The summed E-state index contributed by atoms with van der Waals surface area (Å²) < 4.78 is 61.9. The summed E-state index contributed by atoms with van der Waals surface area (Å²) in [6.07, 6.45) is 1.01. The first-order valence-corrected chi connectivity index (χ1v) is 7.84. The van der Waals surface area contributed by atoms with Crippen molar-refractivity contribution in [3.05, 3.63) is 59.4 Å². The molecule has 0 radical (unpaired) electrons. The molecule has 0 aliphatic carbocycles. The number of rotatable bonds is 3. The minimum absolute atomic E-state index is 0.0167. The summed E-state index contributed by atoms with van der Waals surface area (Å²) in [7, 11) is -3.40. The molecule has 0 spiro atoms. The molecule has 0 unspecified atom stereocenters. The molecule has 0 fully saturated rings. The van der Waals surface area contributed by atoms with E-state index in [-0.39, 0.29) is 10.5 Å². The highest BCUT2D eigenvalue weighted by Gasteiger charge is 2.16. The molecule has 4 nitrogen and oxygen atoms in total. The van der Waals surface area contributed by atoms with Gasteiger partial charge in [0.05, 0.1) is 10.6 Å². The number of amides is 1. The highest BCUT2D eigenvalue weighted by molar-refractivity contribution is 7.90. The monoisotopic (exact) mass is 329 g/mol. The van der Waals surface area contributed by atoms with Gasteiger partial charge in [-0.2, -0.15) is 0 Å². The average Bonchev–Trinajstić information content (AvgIpc) is 2.47. The molecule has 1 amide bonds. The third-order valence-electron chi connectivity index (χ3n) is 2.83. The Bertz CT molecular complexity index is 833. The van der Waals surface area contributed by atoms with Crippen molar-refractivity contribution in [1.82, 2.24) is 0 Å². The minimum atomic E-state index is -3.40. The molecule has 8 heteroatoms. The summed E-state index contributed by atoms with van der Waals surface area (Å²) in [6.45, 7) is 0. The van der Waals surface area contributed by atoms with Gasteiger partial charge in [0.25, 0.3) is 5.91 Å². The summed E-state index contributed by atoms with van der Waals surface area (Å²) in [4.78, 5) is 11.9. The molecule has 0 saturated heterocycles. The molecule has 2 rings (SSSR count). The fourth-order valence-electron chi connectivity index (χ4n) is 1.67. The van der Waals surface area contributed by atoms with Crippen LogP contribution >= 0.6 is 0 Å². The van der Waals surface area contributed by atoms with Crippen LogP contribution in [0, 0.1) is 17.5 Å². The SMILES string of the molecule is CS(=O)(=O)c1ccc(C(=O)Nc2ccc(F)c(F)c2F)cc1. The van der Waals surface area contributed by atoms with E-state index in [0.717, 1.165) is 12.3 Å². The summed E-state index contributed by atoms with van der Waals surface area (Å²) in [6, 6.07) is 6.45. The van der Waals surface area contributed by atoms with E-state index in [4.69, 9.17) is 0 Å². The molecule has 22 heavy (non-hydrogen) atoms. The lowest BCUT2D eigenvalue weighted by atomic mass is 10.2. The molecular formula is C14H10F3NO3S. The Labute approximate surface area is 124 Å². The van der Waals surface area contributed by atoms with Crippen molar-refractivity contribution in [2.45, 2.75) is 4.90 Å². The Kier molecular flexibility index (Phi) is 4.23. The van der Waals surface area contributed by atoms with Crippen LogP contribution in [0.1, 0.15) is 10.4 Å². The zero-order valence-corrected chi connectivity index (χ0v) is 12.0. The van der Waals surface area contributed by atoms with Crippen LogP contribution < -0.4 is 5.32 Å². The fraction of sp³-hybridized carbons (Fsp3) is 0.0714. The van der Waals surface area contributed by atoms with Crippen LogP contribution in [-0.4, -0.2) is 20.6 Å². The number of benzene rings is 2. The van der Waals surface area contributed by atoms with Crippen molar-refractivity contribution in [2.24, 2.45) is 0 Å². The third kappa shape index (κ3) is 3.28. The lowest BCUT2D eigenvalue weighted by molar-refractivity contribution is 0.102. The van der Waals surface area contributed by atoms with Crippen molar-refractivity contribution in [2.75, 3.05) is 11.6 Å². The lowest BCUT2D eigenvalue weighted by Crippen LogP contribution is -2.14. The summed E-state index contributed by atoms with van der Waals surface area (Å²) in [5.74, 6) is -5.36. The number of anilines is 1. The van der Waals surface area contributed by atoms with E-state index in [9.17, 15) is 26.4 Å². The Morgan fingerprint density at radius 1 is 0.955 bits per heavy atom. The number of carbonyl (C=O) groups excluding carboxylic acids is 1. The number of hydrogen-bond donors (Lipinski definition) is 1. The van der Waals surface area contributed by atoms with Crippen LogP contribution in [0.2, 0.25) is 0 Å². The van der Waals surface area contributed by atoms with E-state index < -0.39 is 38.9 Å². The van der Waals surface area contributed by atoms with Gasteiger partial charge in [0, 0.05) is 11.8 Å². The molecule has 0 heterocycles. The van der Waals surface area contributed by atoms with Crippen LogP contribution in [0.3, 0.4) is 0 Å². The first-order valence-electron chi connectivity index (χ1n) is 5.95. The average molecular weight is 329 g/mol. The maximum atomic E-state index is 13.4. The molecule has 1 N–H and O–H groups in total. The molecule has 0 aromatic heterocycles. The molecule has 116 valence electrons. The van der Waals surface area contributed by atoms with Gasteiger partial charge < -0.3 is 5.32 Å². The summed E-state index contributed by atoms with van der Waals surface area (Å²) in [5.41, 5.74) is -0.479. The van der Waals surface area contributed by atoms with E-state index in [1.165, 1.54) is 24.3 Å². The van der Waals surface area contributed by atoms with Crippen LogP contribution in [0.25, 0.3) is 0 Å². The largest absolute Gasteiger partial charge is 0.319 e. The van der Waals surface area contributed by atoms with Gasteiger partial charge in [-0.3, -0.25) is 4.79 Å². The van der Waals surface area contributed by atoms with Gasteiger partial charge in [-0.1, -0.05) is 0 Å². The van der Waals surface area contributed by atoms with Gasteiger partial charge in [0.15, 0.2) is 27.3 Å². The van der Waals surface area contributed by atoms with E-state index >= 15 is 0 Å². The fourth-order valence-corrected chi connectivity index (χ4v) is 2.30. The van der Waals surface area contributed by atoms with E-state index in [1.807, 2.05) is 0 Å². The van der Waals surface area contributed by atoms with Gasteiger partial charge in [-0.25, -0.2) is 21.6 Å². The molecule has 2 aromatic rings. The van der Waals surface area contributed by atoms with Gasteiger partial charge >= 0.3 is 0 Å². The Hall–Kier alpha value is -2.35. The maximum Gasteiger partial charge on any atom is 0.255 e. The van der Waals surface area contributed by atoms with Crippen molar-refractivity contribution in [1.29, 1.82) is 0 Å². The smallest absolute Gasteiger partial charge is 0.255 e. The van der Waals surface area contributed by atoms with Gasteiger partial charge in [0.1, 0.15) is 0 Å². The molecule has 0 atom stereocenters. The molecule has 0 saturated carbocycles. The topological polar surface area (TPSA) is 63.2 Å². The lowest BCUT2D eigenvalue weighted by Gasteiger charge is -2.08. The highest BCUT2D eigenvalue weighted by Crippen LogP contribution is 2.20.